The molecule has 0 bridgehead atoms. The molecule has 0 saturated carbocycles. The maximum atomic E-state index is 13.3. The van der Waals surface area contributed by atoms with Crippen LogP contribution in [0.15, 0.2) is 41.4 Å². The van der Waals surface area contributed by atoms with Crippen molar-refractivity contribution in [1.29, 1.82) is 0 Å². The summed E-state index contributed by atoms with van der Waals surface area (Å²) in [6.07, 6.45) is 2.43. The highest BCUT2D eigenvalue weighted by Gasteiger charge is 2.07. The fourth-order valence-corrected chi connectivity index (χ4v) is 2.38. The first-order valence-corrected chi connectivity index (χ1v) is 7.65. The standard InChI is InChI=1S/C18H20ClFN2/c1-4-22(3)12-21-18-11-16(19)10-15(13(18)2)8-14-6-5-7-17(20)9-14/h5-7,9-12H,4,8H2,1-3H3/b21-12-. The molecule has 0 amide bonds. The summed E-state index contributed by atoms with van der Waals surface area (Å²) < 4.78 is 13.3. The Morgan fingerprint density at radius 3 is 2.73 bits per heavy atom. The van der Waals surface area contributed by atoms with Crippen molar-refractivity contribution in [3.8, 4) is 0 Å². The van der Waals surface area contributed by atoms with Crippen LogP contribution in [0.4, 0.5) is 10.1 Å². The predicted octanol–water partition coefficient (Wildman–Crippen LogP) is 4.99. The first-order valence-electron chi connectivity index (χ1n) is 7.27. The van der Waals surface area contributed by atoms with E-state index >= 15 is 0 Å². The number of halogens is 2. The van der Waals surface area contributed by atoms with Crippen LogP contribution < -0.4 is 0 Å². The Morgan fingerprint density at radius 2 is 2.05 bits per heavy atom. The molecule has 2 aromatic carbocycles. The van der Waals surface area contributed by atoms with Crippen LogP contribution in [0.1, 0.15) is 23.6 Å². The number of hydrogen-bond acceptors (Lipinski definition) is 1. The van der Waals surface area contributed by atoms with Gasteiger partial charge in [0.15, 0.2) is 0 Å². The Morgan fingerprint density at radius 1 is 1.27 bits per heavy atom. The van der Waals surface area contributed by atoms with Gasteiger partial charge in [-0.25, -0.2) is 9.38 Å². The van der Waals surface area contributed by atoms with Gasteiger partial charge in [0.1, 0.15) is 5.82 Å². The third-order valence-corrected chi connectivity index (χ3v) is 3.85. The van der Waals surface area contributed by atoms with Crippen molar-refractivity contribution in [2.24, 2.45) is 4.99 Å². The van der Waals surface area contributed by atoms with Crippen molar-refractivity contribution in [2.75, 3.05) is 13.6 Å². The van der Waals surface area contributed by atoms with Gasteiger partial charge < -0.3 is 4.90 Å². The molecule has 0 aliphatic rings. The summed E-state index contributed by atoms with van der Waals surface area (Å²) in [5.41, 5.74) is 3.89. The maximum Gasteiger partial charge on any atom is 0.123 e. The number of rotatable bonds is 5. The summed E-state index contributed by atoms with van der Waals surface area (Å²) in [5, 5.41) is 0.642. The lowest BCUT2D eigenvalue weighted by molar-refractivity contribution is 0.552. The van der Waals surface area contributed by atoms with Crippen LogP contribution >= 0.6 is 11.6 Å². The molecule has 0 fully saturated rings. The zero-order chi connectivity index (χ0) is 16.1. The first kappa shape index (κ1) is 16.5. The van der Waals surface area contributed by atoms with Gasteiger partial charge >= 0.3 is 0 Å². The Hall–Kier alpha value is -1.87. The number of benzene rings is 2. The molecule has 2 rings (SSSR count). The van der Waals surface area contributed by atoms with Gasteiger partial charge in [-0.15, -0.1) is 0 Å². The average molecular weight is 319 g/mol. The number of aliphatic imine (C=N–C) groups is 1. The lowest BCUT2D eigenvalue weighted by atomic mass is 9.99. The van der Waals surface area contributed by atoms with E-state index < -0.39 is 0 Å². The molecular weight excluding hydrogens is 299 g/mol. The average Bonchev–Trinajstić information content (AvgIpc) is 2.48. The van der Waals surface area contributed by atoms with Crippen LogP contribution in [0, 0.1) is 12.7 Å². The minimum atomic E-state index is -0.222. The van der Waals surface area contributed by atoms with E-state index in [0.29, 0.717) is 11.4 Å². The molecule has 116 valence electrons. The van der Waals surface area contributed by atoms with Crippen molar-refractivity contribution in [3.63, 3.8) is 0 Å². The highest BCUT2D eigenvalue weighted by Crippen LogP contribution is 2.28. The second kappa shape index (κ2) is 7.41. The van der Waals surface area contributed by atoms with Gasteiger partial charge in [0.05, 0.1) is 12.0 Å². The van der Waals surface area contributed by atoms with Crippen molar-refractivity contribution < 1.29 is 4.39 Å². The van der Waals surface area contributed by atoms with Crippen LogP contribution in [-0.2, 0) is 6.42 Å². The molecule has 22 heavy (non-hydrogen) atoms. The molecule has 2 aromatic rings. The topological polar surface area (TPSA) is 15.6 Å². The fraction of sp³-hybridized carbons (Fsp3) is 0.278. The van der Waals surface area contributed by atoms with Gasteiger partial charge in [0, 0.05) is 18.6 Å². The van der Waals surface area contributed by atoms with Gasteiger partial charge in [-0.3, -0.25) is 0 Å². The molecule has 4 heteroatoms. The fourth-order valence-electron chi connectivity index (χ4n) is 2.15. The van der Waals surface area contributed by atoms with E-state index in [9.17, 15) is 4.39 Å². The second-order valence-corrected chi connectivity index (χ2v) is 5.77. The quantitative estimate of drug-likeness (QED) is 0.560. The van der Waals surface area contributed by atoms with Gasteiger partial charge in [-0.1, -0.05) is 23.7 Å². The summed E-state index contributed by atoms with van der Waals surface area (Å²) in [5.74, 6) is -0.222. The highest BCUT2D eigenvalue weighted by atomic mass is 35.5. The SMILES string of the molecule is CCN(C)/C=N\c1cc(Cl)cc(Cc2cccc(F)c2)c1C. The molecule has 0 aliphatic carbocycles. The van der Waals surface area contributed by atoms with Crippen molar-refractivity contribution in [3.05, 3.63) is 63.9 Å². The van der Waals surface area contributed by atoms with Gasteiger partial charge in [0.25, 0.3) is 0 Å². The van der Waals surface area contributed by atoms with Crippen LogP contribution in [0.2, 0.25) is 5.02 Å². The van der Waals surface area contributed by atoms with Crippen molar-refractivity contribution in [2.45, 2.75) is 20.3 Å². The molecule has 0 aromatic heterocycles. The zero-order valence-electron chi connectivity index (χ0n) is 13.1. The predicted molar refractivity (Wildman–Crippen MR) is 91.9 cm³/mol. The monoisotopic (exact) mass is 318 g/mol. The van der Waals surface area contributed by atoms with Crippen LogP contribution in [0.5, 0.6) is 0 Å². The lowest BCUT2D eigenvalue weighted by Crippen LogP contribution is -2.14. The van der Waals surface area contributed by atoms with E-state index in [4.69, 9.17) is 11.6 Å². The normalized spacial score (nSPS) is 11.1. The molecular formula is C18H20ClFN2. The van der Waals surface area contributed by atoms with Crippen molar-refractivity contribution >= 4 is 23.6 Å². The molecule has 0 N–H and O–H groups in total. The van der Waals surface area contributed by atoms with Crippen molar-refractivity contribution in [1.82, 2.24) is 4.90 Å². The first-order chi connectivity index (χ1) is 10.5. The Bertz CT molecular complexity index is 683. The molecule has 0 aliphatic heterocycles. The summed E-state index contributed by atoms with van der Waals surface area (Å²) >= 11 is 6.21. The third-order valence-electron chi connectivity index (χ3n) is 3.63. The van der Waals surface area contributed by atoms with Crippen LogP contribution in [0.25, 0.3) is 0 Å². The minimum absolute atomic E-state index is 0.222. The molecule has 0 saturated heterocycles. The van der Waals surface area contributed by atoms with E-state index in [1.807, 2.05) is 37.1 Å². The molecule has 0 atom stereocenters. The van der Waals surface area contributed by atoms with E-state index in [0.717, 1.165) is 28.9 Å². The van der Waals surface area contributed by atoms with Gasteiger partial charge in [-0.05, 0) is 61.2 Å². The highest BCUT2D eigenvalue weighted by molar-refractivity contribution is 6.31. The summed E-state index contributed by atoms with van der Waals surface area (Å²) in [6, 6.07) is 10.4. The van der Waals surface area contributed by atoms with E-state index in [1.54, 1.807) is 18.5 Å². The maximum absolute atomic E-state index is 13.3. The number of nitrogens with zero attached hydrogens (tertiary/aromatic N) is 2. The molecule has 0 unspecified atom stereocenters. The van der Waals surface area contributed by atoms with Crippen LogP contribution in [0.3, 0.4) is 0 Å². The largest absolute Gasteiger partial charge is 0.366 e. The molecule has 0 radical (unpaired) electrons. The van der Waals surface area contributed by atoms with Gasteiger partial charge in [-0.2, -0.15) is 0 Å². The number of hydrogen-bond donors (Lipinski definition) is 0. The lowest BCUT2D eigenvalue weighted by Gasteiger charge is -2.12. The van der Waals surface area contributed by atoms with E-state index in [-0.39, 0.29) is 5.82 Å². The summed E-state index contributed by atoms with van der Waals surface area (Å²) in [7, 11) is 1.97. The van der Waals surface area contributed by atoms with E-state index in [1.165, 1.54) is 6.07 Å². The smallest absolute Gasteiger partial charge is 0.123 e. The Kier molecular flexibility index (Phi) is 5.56. The van der Waals surface area contributed by atoms with E-state index in [2.05, 4.69) is 11.9 Å². The summed E-state index contributed by atoms with van der Waals surface area (Å²) in [4.78, 5) is 6.49. The molecule has 0 heterocycles. The van der Waals surface area contributed by atoms with Gasteiger partial charge in [0.2, 0.25) is 0 Å². The Balaban J connectivity index is 2.32. The minimum Gasteiger partial charge on any atom is -0.366 e. The second-order valence-electron chi connectivity index (χ2n) is 5.33. The molecule has 2 nitrogen and oxygen atoms in total. The Labute approximate surface area is 136 Å². The van der Waals surface area contributed by atoms with Crippen LogP contribution in [-0.4, -0.2) is 24.8 Å². The summed E-state index contributed by atoms with van der Waals surface area (Å²) in [6.45, 7) is 4.97. The third kappa shape index (κ3) is 4.31. The molecule has 0 spiro atoms. The zero-order valence-corrected chi connectivity index (χ0v) is 13.9.